The molecule has 13 amide bonds. The molecular formula is C78H122N14O25. The predicted octanol–water partition coefficient (Wildman–Crippen LogP) is -1.97. The Balaban J connectivity index is 0.983. The molecule has 39 nitrogen and oxygen atoms in total. The topological polar surface area (TPSA) is 547 Å². The standard InChI is InChI=1S/C78H122N14O25/c1-16-41(8)60(50(111-14)32-55(97)92-31-21-25-49(92)66(112-15)42(9)69(103)84-43(10)61(98)46-22-18-17-19-23-46)90(12)74(108)57(39(4)5)89-72(106)59(40(6)7)91(13)78(110)113-37-45-26-28-47(29-27-45)86-70(104)48(24-20-30-80-77(79)109)87-71(105)56(38(2)3)88-54(96)35-82-52(94)33-81-53(95)34-83-73(107)68-64(101)63(100)65(102)76(117-68)116-67-51(36-93)115-75-58(62(67)99)85-44(11)114-75/h17-19,22-23,26-29,38-43,48-51,56-68,75-76,93,98-102H,16,20-21,24-25,30-37H2,1-15H3,(H,81,95)(H,82,94)(H,83,107)(H,84,103)(H,86,104)(H,87,105)(H,88,96)(H,89,106)(H3,79,80,109)/t41-,42+,43+,48?,49+,50+,51?,56-,57-,58?,59-,60-,61+,62+,63-,64-,65?,66+,67+,68?,75-,76+/m0/s1. The number of nitrogens with two attached hydrogens (primary N) is 1. The molecule has 3 saturated heterocycles. The number of likely N-dealkylation sites (N-methyl/N-ethyl adjacent to an activating group) is 2. The maximum atomic E-state index is 14.9. The van der Waals surface area contributed by atoms with Crippen LogP contribution in [0.2, 0.25) is 0 Å². The van der Waals surface area contributed by atoms with Crippen LogP contribution in [0.15, 0.2) is 59.6 Å². The molecule has 2 aromatic rings. The van der Waals surface area contributed by atoms with Crippen molar-refractivity contribution >= 4 is 82.8 Å². The summed E-state index contributed by atoms with van der Waals surface area (Å²) in [6.07, 6.45) is -16.8. The largest absolute Gasteiger partial charge is 0.450 e. The van der Waals surface area contributed by atoms with Gasteiger partial charge in [0, 0.05) is 54.0 Å². The number of urea groups is 1. The third-order valence-electron chi connectivity index (χ3n) is 21.4. The summed E-state index contributed by atoms with van der Waals surface area (Å²) in [7, 11) is 5.98. The van der Waals surface area contributed by atoms with E-state index < -0.39 is 231 Å². The monoisotopic (exact) mass is 1650 g/mol. The number of rotatable bonds is 42. The van der Waals surface area contributed by atoms with Gasteiger partial charge in [0.25, 0.3) is 5.91 Å². The smallest absolute Gasteiger partial charge is 0.410 e. The predicted molar refractivity (Wildman–Crippen MR) is 419 cm³/mol. The highest BCUT2D eigenvalue weighted by Gasteiger charge is 2.54. The summed E-state index contributed by atoms with van der Waals surface area (Å²) >= 11 is 0. The summed E-state index contributed by atoms with van der Waals surface area (Å²) in [6, 6.07) is 6.72. The number of aliphatic imine (C=N–C) groups is 1. The maximum absolute atomic E-state index is 14.9. The van der Waals surface area contributed by atoms with E-state index in [1.165, 1.54) is 45.2 Å². The van der Waals surface area contributed by atoms with Crippen molar-refractivity contribution in [2.75, 3.05) is 73.0 Å². The van der Waals surface area contributed by atoms with Crippen LogP contribution in [0.5, 0.6) is 0 Å². The van der Waals surface area contributed by atoms with Crippen molar-refractivity contribution in [3.8, 4) is 0 Å². The molecule has 0 bridgehead atoms. The van der Waals surface area contributed by atoms with Gasteiger partial charge in [-0.1, -0.05) is 111 Å². The summed E-state index contributed by atoms with van der Waals surface area (Å²) in [5.41, 5.74) is 6.61. The number of primary amides is 1. The zero-order chi connectivity index (χ0) is 87.0. The number of hydrogen-bond acceptors (Lipinski definition) is 26. The molecule has 0 aromatic heterocycles. The molecule has 6 rings (SSSR count). The molecule has 4 heterocycles. The van der Waals surface area contributed by atoms with Gasteiger partial charge in [0.15, 0.2) is 18.3 Å². The second-order valence-corrected chi connectivity index (χ2v) is 31.0. The minimum absolute atomic E-state index is 0.0173. The van der Waals surface area contributed by atoms with Crippen molar-refractivity contribution in [2.24, 2.45) is 40.3 Å². The number of aliphatic hydroxyl groups is 6. The third kappa shape index (κ3) is 26.6. The first-order valence-corrected chi connectivity index (χ1v) is 39.5. The minimum atomic E-state index is -2.06. The second-order valence-electron chi connectivity index (χ2n) is 31.0. The average molecular weight is 1660 g/mol. The Kier molecular flexibility index (Phi) is 37.6. The van der Waals surface area contributed by atoms with Crippen molar-refractivity contribution in [3.63, 3.8) is 0 Å². The lowest BCUT2D eigenvalue weighted by Gasteiger charge is -2.44. The normalized spacial score (nSPS) is 23.8. The van der Waals surface area contributed by atoms with Gasteiger partial charge < -0.3 is 127 Å². The van der Waals surface area contributed by atoms with Crippen LogP contribution in [0.3, 0.4) is 0 Å². The Hall–Kier alpha value is -9.29. The van der Waals surface area contributed by atoms with Crippen molar-refractivity contribution in [1.29, 1.82) is 0 Å². The Morgan fingerprint density at radius 2 is 1.32 bits per heavy atom. The van der Waals surface area contributed by atoms with Crippen LogP contribution < -0.4 is 53.6 Å². The molecule has 5 unspecified atom stereocenters. The molecule has 4 aliphatic heterocycles. The first-order valence-electron chi connectivity index (χ1n) is 39.5. The van der Waals surface area contributed by atoms with Crippen LogP contribution in [-0.4, -0.2) is 306 Å². The number of carbonyl (C=O) groups excluding carboxylic acids is 12. The van der Waals surface area contributed by atoms with Crippen molar-refractivity contribution in [2.45, 2.75) is 243 Å². The van der Waals surface area contributed by atoms with Crippen LogP contribution in [0.4, 0.5) is 15.3 Å². The number of aliphatic hydroxyl groups excluding tert-OH is 6. The highest BCUT2D eigenvalue weighted by Crippen LogP contribution is 2.35. The van der Waals surface area contributed by atoms with Crippen molar-refractivity contribution < 1.29 is 121 Å². The molecule has 2 aromatic carbocycles. The molecule has 117 heavy (non-hydrogen) atoms. The SMILES string of the molecule is CC[C@H](C)[C@@H]([C@@H](CC(=O)N1CCC[C@@H]1[C@H](OC)[C@@H](C)C(=O)N[C@H](C)[C@@H](O)c1ccccc1)OC)N(C)C(=O)[C@@H](NC(=O)[C@H](C(C)C)N(C)C(=O)OCc1ccc(NC(=O)C(CCCNC(N)=O)NC(=O)[C@@H](NC(=O)CNC(=O)CNC(=O)CNC(=O)C2O[C@@H](O[C@@H]3C(CO)O[C@@H]4OC(C)=NC4[C@H]3O)C(O)[C@@H](O)[C@@H]2O)C(C)C)cc1)C(C)C. The van der Waals surface area contributed by atoms with Crippen LogP contribution in [0, 0.1) is 29.6 Å². The number of hydrogen-bond donors (Lipinski definition) is 16. The van der Waals surface area contributed by atoms with E-state index in [1.807, 2.05) is 19.9 Å². The van der Waals surface area contributed by atoms with Gasteiger partial charge in [-0.2, -0.15) is 0 Å². The Morgan fingerprint density at radius 3 is 1.91 bits per heavy atom. The summed E-state index contributed by atoms with van der Waals surface area (Å²) in [4.78, 5) is 171. The van der Waals surface area contributed by atoms with Gasteiger partial charge in [0.1, 0.15) is 73.4 Å². The maximum Gasteiger partial charge on any atom is 0.410 e. The molecule has 22 atom stereocenters. The van der Waals surface area contributed by atoms with Gasteiger partial charge >= 0.3 is 12.1 Å². The number of ether oxygens (including phenoxy) is 7. The van der Waals surface area contributed by atoms with E-state index in [0.717, 1.165) is 4.90 Å². The molecule has 4 aliphatic rings. The number of benzene rings is 2. The lowest BCUT2D eigenvalue weighted by Crippen LogP contribution is -2.65. The Labute approximate surface area is 681 Å². The van der Waals surface area contributed by atoms with E-state index >= 15 is 0 Å². The molecule has 654 valence electrons. The van der Waals surface area contributed by atoms with Gasteiger partial charge in [0.05, 0.1) is 75.0 Å². The second kappa shape index (κ2) is 45.6. The van der Waals surface area contributed by atoms with Gasteiger partial charge in [-0.25, -0.2) is 14.6 Å². The van der Waals surface area contributed by atoms with Gasteiger partial charge in [-0.15, -0.1) is 0 Å². The quantitative estimate of drug-likeness (QED) is 0.0321. The zero-order valence-corrected chi connectivity index (χ0v) is 69.1. The van der Waals surface area contributed by atoms with Crippen LogP contribution in [-0.2, 0) is 87.7 Å². The number of carbonyl (C=O) groups is 12. The Morgan fingerprint density at radius 1 is 0.692 bits per heavy atom. The van der Waals surface area contributed by atoms with Gasteiger partial charge in [-0.05, 0) is 79.5 Å². The summed E-state index contributed by atoms with van der Waals surface area (Å²) in [6.45, 7) is 16.3. The molecule has 0 radical (unpaired) electrons. The van der Waals surface area contributed by atoms with Crippen LogP contribution in [0.1, 0.15) is 132 Å². The van der Waals surface area contributed by atoms with Crippen LogP contribution in [0.25, 0.3) is 0 Å². The lowest BCUT2D eigenvalue weighted by atomic mass is 9.89. The third-order valence-corrected chi connectivity index (χ3v) is 21.4. The lowest BCUT2D eigenvalue weighted by molar-refractivity contribution is -0.334. The van der Waals surface area contributed by atoms with Gasteiger partial charge in [-0.3, -0.25) is 52.8 Å². The molecule has 3 fully saturated rings. The van der Waals surface area contributed by atoms with Crippen LogP contribution >= 0.6 is 0 Å². The minimum Gasteiger partial charge on any atom is -0.450 e. The average Bonchev–Trinajstić information content (AvgIpc) is 1.72. The van der Waals surface area contributed by atoms with Crippen molar-refractivity contribution in [1.82, 2.24) is 57.2 Å². The summed E-state index contributed by atoms with van der Waals surface area (Å²) in [5.74, 6) is -9.38. The molecule has 0 spiro atoms. The van der Waals surface area contributed by atoms with E-state index in [-0.39, 0.29) is 61.7 Å². The van der Waals surface area contributed by atoms with Gasteiger partial charge in [0.2, 0.25) is 59.5 Å². The number of amides is 13. The molecule has 0 saturated carbocycles. The van der Waals surface area contributed by atoms with E-state index in [1.54, 1.807) is 104 Å². The fraction of sp³-hybridized carbons (Fsp3) is 0.679. The fourth-order valence-corrected chi connectivity index (χ4v) is 14.6. The fourth-order valence-electron chi connectivity index (χ4n) is 14.6. The van der Waals surface area contributed by atoms with E-state index in [9.17, 15) is 88.2 Å². The first kappa shape index (κ1) is 96.5. The highest BCUT2D eigenvalue weighted by molar-refractivity contribution is 5.99. The number of anilines is 1. The number of methoxy groups -OCH3 is 2. The van der Waals surface area contributed by atoms with E-state index in [4.69, 9.17) is 38.9 Å². The number of fused-ring (bicyclic) bond motifs is 1. The molecular weight excluding hydrogens is 1530 g/mol. The molecule has 39 heteroatoms. The molecule has 0 aliphatic carbocycles. The first-order chi connectivity index (χ1) is 55.3. The summed E-state index contributed by atoms with van der Waals surface area (Å²) in [5, 5.41) is 86.7. The number of nitrogens with one attached hydrogen (secondary N) is 9. The summed E-state index contributed by atoms with van der Waals surface area (Å²) < 4.78 is 40.0. The number of nitrogens with zero attached hydrogens (tertiary/aromatic N) is 4. The zero-order valence-electron chi connectivity index (χ0n) is 69.1. The highest BCUT2D eigenvalue weighted by atomic mass is 16.7. The van der Waals surface area contributed by atoms with Crippen molar-refractivity contribution in [3.05, 3.63) is 65.7 Å². The Bertz CT molecular complexity index is 3700. The van der Waals surface area contributed by atoms with E-state index in [0.29, 0.717) is 36.9 Å². The number of likely N-dealkylation sites (tertiary alicyclic amines) is 1. The van der Waals surface area contributed by atoms with E-state index in [2.05, 4.69) is 52.8 Å². The molecule has 17 N–H and O–H groups in total.